The molecule has 0 bridgehead atoms. The molecular formula is C15H23N3O3. The summed E-state index contributed by atoms with van der Waals surface area (Å²) < 4.78 is 5.19. The fourth-order valence-electron chi connectivity index (χ4n) is 2.55. The van der Waals surface area contributed by atoms with Gasteiger partial charge < -0.3 is 14.7 Å². The molecule has 0 radical (unpaired) electrons. The normalized spacial score (nSPS) is 16.9. The topological polar surface area (TPSA) is 65.9 Å². The van der Waals surface area contributed by atoms with Gasteiger partial charge in [0.1, 0.15) is 5.75 Å². The van der Waals surface area contributed by atoms with Gasteiger partial charge in [0.25, 0.3) is 5.91 Å². The van der Waals surface area contributed by atoms with Gasteiger partial charge >= 0.3 is 0 Å². The fraction of sp³-hybridized carbons (Fsp3) is 0.600. The highest BCUT2D eigenvalue weighted by Gasteiger charge is 2.26. The predicted molar refractivity (Wildman–Crippen MR) is 79.4 cm³/mol. The molecule has 1 saturated heterocycles. The lowest BCUT2D eigenvalue weighted by molar-refractivity contribution is 0.0178. The lowest BCUT2D eigenvalue weighted by Gasteiger charge is -2.37. The van der Waals surface area contributed by atoms with Gasteiger partial charge in [0.15, 0.2) is 0 Å². The summed E-state index contributed by atoms with van der Waals surface area (Å²) in [6.07, 6.45) is 3.15. The van der Waals surface area contributed by atoms with Crippen LogP contribution in [0.1, 0.15) is 24.2 Å². The number of methoxy groups -OCH3 is 1. The minimum atomic E-state index is -0.708. The number of piperazine rings is 1. The van der Waals surface area contributed by atoms with Crippen LogP contribution in [-0.2, 0) is 0 Å². The largest absolute Gasteiger partial charge is 0.494 e. The molecule has 0 spiro atoms. The molecule has 1 aliphatic heterocycles. The van der Waals surface area contributed by atoms with Crippen LogP contribution in [0.2, 0.25) is 0 Å². The van der Waals surface area contributed by atoms with Crippen molar-refractivity contribution >= 4 is 5.91 Å². The number of hydrogen-bond donors (Lipinski definition) is 1. The van der Waals surface area contributed by atoms with Crippen LogP contribution in [0, 0.1) is 0 Å². The number of nitrogens with zero attached hydrogens (tertiary/aromatic N) is 3. The number of aliphatic hydroxyl groups is 1. The molecular weight excluding hydrogens is 270 g/mol. The lowest BCUT2D eigenvalue weighted by Crippen LogP contribution is -2.52. The van der Waals surface area contributed by atoms with Gasteiger partial charge in [-0.05, 0) is 19.9 Å². The molecule has 0 unspecified atom stereocenters. The minimum absolute atomic E-state index is 0.0304. The molecule has 1 aliphatic rings. The Balaban J connectivity index is 1.97. The molecule has 0 saturated carbocycles. The predicted octanol–water partition coefficient (Wildman–Crippen LogP) is 0.619. The van der Waals surface area contributed by atoms with Crippen molar-refractivity contribution in [2.45, 2.75) is 19.4 Å². The van der Waals surface area contributed by atoms with Crippen LogP contribution in [0.25, 0.3) is 0 Å². The number of carbonyl (C=O) groups excluding carboxylic acids is 1. The van der Waals surface area contributed by atoms with Crippen molar-refractivity contribution in [1.29, 1.82) is 0 Å². The van der Waals surface area contributed by atoms with Gasteiger partial charge in [-0.1, -0.05) is 0 Å². The zero-order valence-corrected chi connectivity index (χ0v) is 12.9. The molecule has 21 heavy (non-hydrogen) atoms. The number of pyridine rings is 1. The van der Waals surface area contributed by atoms with Crippen LogP contribution in [0.5, 0.6) is 5.75 Å². The summed E-state index contributed by atoms with van der Waals surface area (Å²) in [4.78, 5) is 20.5. The third-order valence-electron chi connectivity index (χ3n) is 3.50. The molecule has 0 aromatic carbocycles. The molecule has 6 nitrogen and oxygen atoms in total. The summed E-state index contributed by atoms with van der Waals surface area (Å²) in [6.45, 7) is 7.05. The van der Waals surface area contributed by atoms with Crippen LogP contribution in [-0.4, -0.2) is 71.2 Å². The van der Waals surface area contributed by atoms with Crippen molar-refractivity contribution in [3.63, 3.8) is 0 Å². The van der Waals surface area contributed by atoms with Crippen LogP contribution < -0.4 is 4.74 Å². The van der Waals surface area contributed by atoms with E-state index in [0.717, 1.165) is 13.1 Å². The Morgan fingerprint density at radius 1 is 1.38 bits per heavy atom. The number of amides is 1. The van der Waals surface area contributed by atoms with Crippen molar-refractivity contribution in [2.24, 2.45) is 0 Å². The standard InChI is InChI=1S/C15H23N3O3/c1-15(2,20)11-17-6-8-18(9-7-17)14(19)12-4-5-16-10-13(12)21-3/h4-5,10,20H,6-9,11H2,1-3H3. The summed E-state index contributed by atoms with van der Waals surface area (Å²) in [5.74, 6) is 0.471. The van der Waals surface area contributed by atoms with Crippen LogP contribution in [0.3, 0.4) is 0 Å². The molecule has 0 atom stereocenters. The Bertz CT molecular complexity index is 491. The highest BCUT2D eigenvalue weighted by atomic mass is 16.5. The van der Waals surface area contributed by atoms with Gasteiger partial charge in [0.05, 0.1) is 24.5 Å². The quantitative estimate of drug-likeness (QED) is 0.881. The number of β-amino-alcohol motifs (C(OH)–C–C–N with tert-alkyl or cyclic N) is 1. The highest BCUT2D eigenvalue weighted by molar-refractivity contribution is 5.96. The second-order valence-corrected chi connectivity index (χ2v) is 5.96. The summed E-state index contributed by atoms with van der Waals surface area (Å²) in [5, 5.41) is 9.85. The average molecular weight is 293 g/mol. The molecule has 1 fully saturated rings. The molecule has 1 aromatic heterocycles. The Labute approximate surface area is 125 Å². The average Bonchev–Trinajstić information content (AvgIpc) is 2.45. The number of aromatic nitrogens is 1. The van der Waals surface area contributed by atoms with Gasteiger partial charge in [-0.15, -0.1) is 0 Å². The van der Waals surface area contributed by atoms with Crippen LogP contribution in [0.15, 0.2) is 18.5 Å². The first-order chi connectivity index (χ1) is 9.90. The van der Waals surface area contributed by atoms with E-state index < -0.39 is 5.60 Å². The van der Waals surface area contributed by atoms with Crippen molar-refractivity contribution in [3.8, 4) is 5.75 Å². The second kappa shape index (κ2) is 6.41. The monoisotopic (exact) mass is 293 g/mol. The number of ether oxygens (including phenoxy) is 1. The first-order valence-electron chi connectivity index (χ1n) is 7.13. The third-order valence-corrected chi connectivity index (χ3v) is 3.50. The Morgan fingerprint density at radius 3 is 2.62 bits per heavy atom. The zero-order valence-electron chi connectivity index (χ0n) is 12.9. The van der Waals surface area contributed by atoms with E-state index in [2.05, 4.69) is 9.88 Å². The van der Waals surface area contributed by atoms with Crippen molar-refractivity contribution in [2.75, 3.05) is 39.8 Å². The first kappa shape index (κ1) is 15.7. The molecule has 1 aromatic rings. The van der Waals surface area contributed by atoms with E-state index in [-0.39, 0.29) is 5.91 Å². The molecule has 1 N–H and O–H groups in total. The Hall–Kier alpha value is -1.66. The molecule has 116 valence electrons. The Kier molecular flexibility index (Phi) is 4.80. The van der Waals surface area contributed by atoms with E-state index >= 15 is 0 Å². The van der Waals surface area contributed by atoms with E-state index in [0.29, 0.717) is 30.9 Å². The smallest absolute Gasteiger partial charge is 0.257 e. The number of rotatable bonds is 4. The van der Waals surface area contributed by atoms with E-state index in [1.54, 1.807) is 32.3 Å². The fourth-order valence-corrected chi connectivity index (χ4v) is 2.55. The van der Waals surface area contributed by atoms with E-state index in [1.807, 2.05) is 4.90 Å². The molecule has 0 aliphatic carbocycles. The van der Waals surface area contributed by atoms with Crippen molar-refractivity contribution in [3.05, 3.63) is 24.0 Å². The molecule has 1 amide bonds. The number of hydrogen-bond acceptors (Lipinski definition) is 5. The lowest BCUT2D eigenvalue weighted by atomic mass is 10.1. The maximum atomic E-state index is 12.5. The van der Waals surface area contributed by atoms with Gasteiger partial charge in [0, 0.05) is 38.9 Å². The maximum Gasteiger partial charge on any atom is 0.257 e. The summed E-state index contributed by atoms with van der Waals surface area (Å²) in [5.41, 5.74) is -0.163. The summed E-state index contributed by atoms with van der Waals surface area (Å²) in [6, 6.07) is 1.68. The van der Waals surface area contributed by atoms with E-state index in [9.17, 15) is 9.90 Å². The zero-order chi connectivity index (χ0) is 15.5. The van der Waals surface area contributed by atoms with Gasteiger partial charge in [-0.3, -0.25) is 14.7 Å². The molecule has 2 rings (SSSR count). The minimum Gasteiger partial charge on any atom is -0.494 e. The summed E-state index contributed by atoms with van der Waals surface area (Å²) in [7, 11) is 1.54. The number of carbonyl (C=O) groups is 1. The first-order valence-corrected chi connectivity index (χ1v) is 7.13. The molecule has 2 heterocycles. The van der Waals surface area contributed by atoms with Gasteiger partial charge in [0.2, 0.25) is 0 Å². The van der Waals surface area contributed by atoms with Crippen LogP contribution in [0.4, 0.5) is 0 Å². The molecule has 6 heteroatoms. The van der Waals surface area contributed by atoms with Crippen LogP contribution >= 0.6 is 0 Å². The Morgan fingerprint density at radius 2 is 2.05 bits per heavy atom. The highest BCUT2D eigenvalue weighted by Crippen LogP contribution is 2.19. The summed E-state index contributed by atoms with van der Waals surface area (Å²) >= 11 is 0. The van der Waals surface area contributed by atoms with E-state index in [1.165, 1.54) is 7.11 Å². The van der Waals surface area contributed by atoms with E-state index in [4.69, 9.17) is 4.74 Å². The van der Waals surface area contributed by atoms with Crippen molar-refractivity contribution < 1.29 is 14.6 Å². The maximum absolute atomic E-state index is 12.5. The van der Waals surface area contributed by atoms with Crippen molar-refractivity contribution in [1.82, 2.24) is 14.8 Å². The SMILES string of the molecule is COc1cnccc1C(=O)N1CCN(CC(C)(C)O)CC1. The van der Waals surface area contributed by atoms with Gasteiger partial charge in [-0.25, -0.2) is 0 Å². The second-order valence-electron chi connectivity index (χ2n) is 5.96. The van der Waals surface area contributed by atoms with Gasteiger partial charge in [-0.2, -0.15) is 0 Å². The third kappa shape index (κ3) is 4.15.